The topological polar surface area (TPSA) is 44.5 Å². The monoisotopic (exact) mass is 245 g/mol. The van der Waals surface area contributed by atoms with Gasteiger partial charge >= 0.3 is 0 Å². The summed E-state index contributed by atoms with van der Waals surface area (Å²) in [5.41, 5.74) is 6.57. The van der Waals surface area contributed by atoms with E-state index in [9.17, 15) is 8.78 Å². The highest BCUT2D eigenvalue weighted by molar-refractivity contribution is 5.27. The van der Waals surface area contributed by atoms with E-state index in [1.165, 1.54) is 0 Å². The molecule has 0 aliphatic heterocycles. The first-order valence-corrected chi connectivity index (χ1v) is 5.50. The third-order valence-electron chi connectivity index (χ3n) is 2.10. The van der Waals surface area contributed by atoms with E-state index in [1.54, 1.807) is 0 Å². The van der Waals surface area contributed by atoms with Crippen LogP contribution in [0.1, 0.15) is 5.56 Å². The van der Waals surface area contributed by atoms with Crippen LogP contribution in [0.5, 0.6) is 5.75 Å². The third kappa shape index (κ3) is 6.19. The molecule has 0 aromatic heterocycles. The van der Waals surface area contributed by atoms with E-state index in [2.05, 4.69) is 4.74 Å². The standard InChI is InChI=1S/C12H17F2NO2/c13-12(14)9-16-7-8-17-11-3-1-10(2-4-11)5-6-15/h1-4,12H,5-9,15H2. The van der Waals surface area contributed by atoms with Crippen LogP contribution >= 0.6 is 0 Å². The maximum absolute atomic E-state index is 11.7. The van der Waals surface area contributed by atoms with E-state index in [0.717, 1.165) is 12.0 Å². The third-order valence-corrected chi connectivity index (χ3v) is 2.10. The average Bonchev–Trinajstić information content (AvgIpc) is 2.31. The van der Waals surface area contributed by atoms with Crippen molar-refractivity contribution in [2.75, 3.05) is 26.4 Å². The first kappa shape index (κ1) is 13.9. The number of nitrogens with two attached hydrogens (primary N) is 1. The summed E-state index contributed by atoms with van der Waals surface area (Å²) in [5.74, 6) is 0.700. The summed E-state index contributed by atoms with van der Waals surface area (Å²) >= 11 is 0. The van der Waals surface area contributed by atoms with Gasteiger partial charge in [-0.2, -0.15) is 0 Å². The number of alkyl halides is 2. The molecule has 0 aliphatic carbocycles. The number of ether oxygens (including phenoxy) is 2. The number of rotatable bonds is 8. The molecule has 1 aromatic carbocycles. The van der Waals surface area contributed by atoms with Gasteiger partial charge in [-0.15, -0.1) is 0 Å². The Hall–Kier alpha value is -1.20. The normalized spacial score (nSPS) is 10.8. The van der Waals surface area contributed by atoms with Gasteiger partial charge in [-0.3, -0.25) is 0 Å². The van der Waals surface area contributed by atoms with Crippen LogP contribution in [0.15, 0.2) is 24.3 Å². The second-order valence-electron chi connectivity index (χ2n) is 3.50. The first-order chi connectivity index (χ1) is 8.22. The molecule has 0 heterocycles. The Balaban J connectivity index is 2.18. The first-order valence-electron chi connectivity index (χ1n) is 5.50. The molecule has 3 nitrogen and oxygen atoms in total. The summed E-state index contributed by atoms with van der Waals surface area (Å²) in [6.45, 7) is 0.498. The fourth-order valence-corrected chi connectivity index (χ4v) is 1.31. The number of halogens is 2. The molecular weight excluding hydrogens is 228 g/mol. The van der Waals surface area contributed by atoms with Gasteiger partial charge in [0.15, 0.2) is 0 Å². The molecule has 0 unspecified atom stereocenters. The van der Waals surface area contributed by atoms with E-state index >= 15 is 0 Å². The fraction of sp³-hybridized carbons (Fsp3) is 0.500. The minimum Gasteiger partial charge on any atom is -0.491 e. The van der Waals surface area contributed by atoms with Crippen LogP contribution < -0.4 is 10.5 Å². The Kier molecular flexibility index (Phi) is 6.50. The van der Waals surface area contributed by atoms with Crippen molar-refractivity contribution in [2.45, 2.75) is 12.8 Å². The predicted octanol–water partition coefficient (Wildman–Crippen LogP) is 1.85. The van der Waals surface area contributed by atoms with Gasteiger partial charge in [0.25, 0.3) is 6.43 Å². The molecule has 1 aromatic rings. The molecule has 0 aliphatic rings. The minimum absolute atomic E-state index is 0.162. The summed E-state index contributed by atoms with van der Waals surface area (Å²) in [7, 11) is 0. The van der Waals surface area contributed by atoms with Gasteiger partial charge in [-0.25, -0.2) is 8.78 Å². The Morgan fingerprint density at radius 3 is 2.41 bits per heavy atom. The number of hydrogen-bond acceptors (Lipinski definition) is 3. The van der Waals surface area contributed by atoms with Gasteiger partial charge in [0, 0.05) is 0 Å². The summed E-state index contributed by atoms with van der Waals surface area (Å²) in [6, 6.07) is 7.53. The van der Waals surface area contributed by atoms with Crippen molar-refractivity contribution in [3.63, 3.8) is 0 Å². The van der Waals surface area contributed by atoms with E-state index in [1.807, 2.05) is 24.3 Å². The Morgan fingerprint density at radius 1 is 1.12 bits per heavy atom. The molecule has 0 amide bonds. The summed E-state index contributed by atoms with van der Waals surface area (Å²) in [4.78, 5) is 0. The van der Waals surface area contributed by atoms with Gasteiger partial charge < -0.3 is 15.2 Å². The van der Waals surface area contributed by atoms with E-state index < -0.39 is 13.0 Å². The van der Waals surface area contributed by atoms with Crippen LogP contribution in [0, 0.1) is 0 Å². The van der Waals surface area contributed by atoms with Crippen molar-refractivity contribution in [1.82, 2.24) is 0 Å². The zero-order chi connectivity index (χ0) is 12.5. The Bertz CT molecular complexity index is 304. The average molecular weight is 245 g/mol. The lowest BCUT2D eigenvalue weighted by molar-refractivity contribution is 0.00763. The van der Waals surface area contributed by atoms with Gasteiger partial charge in [0.2, 0.25) is 0 Å². The minimum atomic E-state index is -2.43. The van der Waals surface area contributed by atoms with Crippen molar-refractivity contribution >= 4 is 0 Å². The molecule has 5 heteroatoms. The zero-order valence-electron chi connectivity index (χ0n) is 9.57. The van der Waals surface area contributed by atoms with Gasteiger partial charge in [-0.05, 0) is 30.7 Å². The van der Waals surface area contributed by atoms with Crippen LogP contribution in [0.3, 0.4) is 0 Å². The van der Waals surface area contributed by atoms with Crippen LogP contribution in [-0.4, -0.2) is 32.8 Å². The summed E-state index contributed by atoms with van der Waals surface area (Å²) in [5, 5.41) is 0. The van der Waals surface area contributed by atoms with Crippen molar-refractivity contribution in [3.8, 4) is 5.75 Å². The lowest BCUT2D eigenvalue weighted by atomic mass is 10.1. The number of hydrogen-bond donors (Lipinski definition) is 1. The van der Waals surface area contributed by atoms with Crippen LogP contribution in [-0.2, 0) is 11.2 Å². The molecule has 96 valence electrons. The maximum Gasteiger partial charge on any atom is 0.261 e. The lowest BCUT2D eigenvalue weighted by Gasteiger charge is -2.07. The van der Waals surface area contributed by atoms with Gasteiger partial charge in [-0.1, -0.05) is 12.1 Å². The maximum atomic E-state index is 11.7. The lowest BCUT2D eigenvalue weighted by Crippen LogP contribution is -2.11. The molecule has 0 radical (unpaired) electrons. The predicted molar refractivity (Wildman–Crippen MR) is 61.5 cm³/mol. The highest BCUT2D eigenvalue weighted by Gasteiger charge is 2.01. The van der Waals surface area contributed by atoms with Crippen molar-refractivity contribution in [1.29, 1.82) is 0 Å². The van der Waals surface area contributed by atoms with Gasteiger partial charge in [0.1, 0.15) is 19.0 Å². The van der Waals surface area contributed by atoms with Crippen molar-refractivity contribution < 1.29 is 18.3 Å². The second kappa shape index (κ2) is 7.97. The largest absolute Gasteiger partial charge is 0.491 e. The van der Waals surface area contributed by atoms with E-state index in [0.29, 0.717) is 12.3 Å². The zero-order valence-corrected chi connectivity index (χ0v) is 9.57. The molecule has 0 spiro atoms. The highest BCUT2D eigenvalue weighted by atomic mass is 19.3. The molecule has 0 atom stereocenters. The van der Waals surface area contributed by atoms with Crippen molar-refractivity contribution in [3.05, 3.63) is 29.8 Å². The SMILES string of the molecule is NCCc1ccc(OCCOCC(F)F)cc1. The number of benzene rings is 1. The molecule has 0 saturated heterocycles. The highest BCUT2D eigenvalue weighted by Crippen LogP contribution is 2.12. The van der Waals surface area contributed by atoms with Crippen molar-refractivity contribution in [2.24, 2.45) is 5.73 Å². The molecule has 1 rings (SSSR count). The van der Waals surface area contributed by atoms with E-state index in [4.69, 9.17) is 10.5 Å². The van der Waals surface area contributed by atoms with E-state index in [-0.39, 0.29) is 13.2 Å². The molecule has 0 fully saturated rings. The molecule has 0 bridgehead atoms. The Labute approximate surface area is 99.5 Å². The smallest absolute Gasteiger partial charge is 0.261 e. The molecular formula is C12H17F2NO2. The van der Waals surface area contributed by atoms with Crippen LogP contribution in [0.2, 0.25) is 0 Å². The summed E-state index contributed by atoms with van der Waals surface area (Å²) < 4.78 is 33.5. The quantitative estimate of drug-likeness (QED) is 0.711. The second-order valence-corrected chi connectivity index (χ2v) is 3.50. The molecule has 0 saturated carbocycles. The molecule has 2 N–H and O–H groups in total. The van der Waals surface area contributed by atoms with Gasteiger partial charge in [0.05, 0.1) is 6.61 Å². The fourth-order valence-electron chi connectivity index (χ4n) is 1.31. The summed E-state index contributed by atoms with van der Waals surface area (Å²) in [6.07, 6.45) is -1.59. The van der Waals surface area contributed by atoms with Crippen LogP contribution in [0.4, 0.5) is 8.78 Å². The Morgan fingerprint density at radius 2 is 1.82 bits per heavy atom. The van der Waals surface area contributed by atoms with Crippen LogP contribution in [0.25, 0.3) is 0 Å². The molecule has 17 heavy (non-hydrogen) atoms.